The molecule has 1 aromatic rings. The zero-order chi connectivity index (χ0) is 18.4. The Morgan fingerprint density at radius 1 is 1.17 bits per heavy atom. The summed E-state index contributed by atoms with van der Waals surface area (Å²) in [6.07, 6.45) is -0.605. The van der Waals surface area contributed by atoms with Crippen molar-refractivity contribution in [3.05, 3.63) is 18.2 Å². The van der Waals surface area contributed by atoms with Crippen LogP contribution in [-0.4, -0.2) is 32.0 Å². The molecular formula is C16H26NO6P. The highest BCUT2D eigenvalue weighted by atomic mass is 31.2. The van der Waals surface area contributed by atoms with Gasteiger partial charge in [-0.25, -0.2) is 4.79 Å². The molecule has 0 heterocycles. The van der Waals surface area contributed by atoms with Crippen LogP contribution in [0.25, 0.3) is 0 Å². The molecule has 0 atom stereocenters. The molecule has 0 aliphatic heterocycles. The molecule has 1 N–H and O–H groups in total. The maximum atomic E-state index is 12.8. The van der Waals surface area contributed by atoms with Crippen LogP contribution in [-0.2, 0) is 18.3 Å². The van der Waals surface area contributed by atoms with Gasteiger partial charge in [0.1, 0.15) is 11.4 Å². The predicted molar refractivity (Wildman–Crippen MR) is 93.3 cm³/mol. The van der Waals surface area contributed by atoms with Crippen LogP contribution in [0.5, 0.6) is 5.75 Å². The molecular weight excluding hydrogens is 333 g/mol. The van der Waals surface area contributed by atoms with Gasteiger partial charge in [-0.3, -0.25) is 9.88 Å². The van der Waals surface area contributed by atoms with Gasteiger partial charge in [0.25, 0.3) is 0 Å². The van der Waals surface area contributed by atoms with Gasteiger partial charge < -0.3 is 18.5 Å². The van der Waals surface area contributed by atoms with E-state index >= 15 is 0 Å². The summed E-state index contributed by atoms with van der Waals surface area (Å²) < 4.78 is 33.9. The number of amides is 1. The number of anilines is 1. The van der Waals surface area contributed by atoms with E-state index in [1.54, 1.807) is 46.8 Å². The van der Waals surface area contributed by atoms with Crippen molar-refractivity contribution in [3.8, 4) is 5.75 Å². The zero-order valence-electron chi connectivity index (χ0n) is 15.0. The van der Waals surface area contributed by atoms with Crippen molar-refractivity contribution in [3.63, 3.8) is 0 Å². The molecule has 1 rings (SSSR count). The van der Waals surface area contributed by atoms with Gasteiger partial charge in [0, 0.05) is 0 Å². The lowest BCUT2D eigenvalue weighted by molar-refractivity contribution is 0.0635. The minimum Gasteiger partial charge on any atom is -0.495 e. The fraction of sp³-hybridized carbons (Fsp3) is 0.562. The monoisotopic (exact) mass is 359 g/mol. The van der Waals surface area contributed by atoms with Crippen LogP contribution in [0.3, 0.4) is 0 Å². The predicted octanol–water partition coefficient (Wildman–Crippen LogP) is 3.93. The number of nitrogens with one attached hydrogen (secondary N) is 1. The molecule has 24 heavy (non-hydrogen) atoms. The number of carbonyl (C=O) groups is 1. The standard InChI is InChI=1S/C16H26NO6P/c1-7-21-24(19,22-8-2)12-9-10-13(14(11-12)20-6)17-15(18)23-16(3,4)5/h9-11H,7-8H2,1-6H3,(H,17,18). The smallest absolute Gasteiger partial charge is 0.412 e. The highest BCUT2D eigenvalue weighted by molar-refractivity contribution is 7.62. The van der Waals surface area contributed by atoms with Gasteiger partial charge in [-0.2, -0.15) is 0 Å². The third-order valence-corrected chi connectivity index (χ3v) is 4.84. The number of methoxy groups -OCH3 is 1. The number of rotatable bonds is 7. The van der Waals surface area contributed by atoms with Crippen LogP contribution in [0.1, 0.15) is 34.6 Å². The van der Waals surface area contributed by atoms with E-state index in [-0.39, 0.29) is 13.2 Å². The Morgan fingerprint density at radius 2 is 1.75 bits per heavy atom. The van der Waals surface area contributed by atoms with Crippen LogP contribution in [0.4, 0.5) is 10.5 Å². The average molecular weight is 359 g/mol. The highest BCUT2D eigenvalue weighted by Gasteiger charge is 2.28. The van der Waals surface area contributed by atoms with E-state index < -0.39 is 19.3 Å². The Kier molecular flexibility index (Phi) is 7.27. The zero-order valence-corrected chi connectivity index (χ0v) is 15.9. The van der Waals surface area contributed by atoms with E-state index in [0.29, 0.717) is 16.7 Å². The molecule has 0 aliphatic carbocycles. The van der Waals surface area contributed by atoms with Gasteiger partial charge in [-0.05, 0) is 52.8 Å². The molecule has 0 radical (unpaired) electrons. The molecule has 0 fully saturated rings. The molecule has 0 saturated heterocycles. The Morgan fingerprint density at radius 3 is 2.21 bits per heavy atom. The van der Waals surface area contributed by atoms with Gasteiger partial charge in [0.15, 0.2) is 0 Å². The first kappa shape index (κ1) is 20.5. The molecule has 0 bridgehead atoms. The van der Waals surface area contributed by atoms with Crippen molar-refractivity contribution >= 4 is 24.7 Å². The summed E-state index contributed by atoms with van der Waals surface area (Å²) in [5.74, 6) is 0.331. The van der Waals surface area contributed by atoms with E-state index in [0.717, 1.165) is 0 Å². The molecule has 0 spiro atoms. The molecule has 0 saturated carbocycles. The second-order valence-electron chi connectivity index (χ2n) is 5.84. The Bertz CT molecular complexity index is 601. The third-order valence-electron chi connectivity index (χ3n) is 2.74. The minimum absolute atomic E-state index is 0.248. The van der Waals surface area contributed by atoms with E-state index in [1.165, 1.54) is 13.2 Å². The summed E-state index contributed by atoms with van der Waals surface area (Å²) in [6, 6.07) is 4.67. The van der Waals surface area contributed by atoms with Crippen molar-refractivity contribution in [1.82, 2.24) is 0 Å². The topological polar surface area (TPSA) is 83.1 Å². The lowest BCUT2D eigenvalue weighted by Gasteiger charge is -2.21. The van der Waals surface area contributed by atoms with Crippen molar-refractivity contribution in [2.24, 2.45) is 0 Å². The second-order valence-corrected chi connectivity index (χ2v) is 7.87. The minimum atomic E-state index is -3.42. The number of benzene rings is 1. The summed E-state index contributed by atoms with van der Waals surface area (Å²) in [5.41, 5.74) is -0.216. The first-order chi connectivity index (χ1) is 11.1. The molecule has 136 valence electrons. The fourth-order valence-electron chi connectivity index (χ4n) is 1.89. The van der Waals surface area contributed by atoms with Crippen molar-refractivity contribution < 1.29 is 27.9 Å². The van der Waals surface area contributed by atoms with E-state index in [1.807, 2.05) is 0 Å². The summed E-state index contributed by atoms with van der Waals surface area (Å²) in [5, 5.41) is 2.96. The molecule has 0 aliphatic rings. The molecule has 1 aromatic carbocycles. The number of hydrogen-bond acceptors (Lipinski definition) is 6. The van der Waals surface area contributed by atoms with Crippen molar-refractivity contribution in [1.29, 1.82) is 0 Å². The Balaban J connectivity index is 3.08. The van der Waals surface area contributed by atoms with Gasteiger partial charge >= 0.3 is 13.7 Å². The van der Waals surface area contributed by atoms with Gasteiger partial charge in [0.2, 0.25) is 0 Å². The van der Waals surface area contributed by atoms with Crippen LogP contribution < -0.4 is 15.4 Å². The van der Waals surface area contributed by atoms with E-state index in [2.05, 4.69) is 5.32 Å². The largest absolute Gasteiger partial charge is 0.495 e. The van der Waals surface area contributed by atoms with Crippen LogP contribution in [0.2, 0.25) is 0 Å². The average Bonchev–Trinajstić information content (AvgIpc) is 2.46. The third kappa shape index (κ3) is 5.82. The maximum absolute atomic E-state index is 12.8. The lowest BCUT2D eigenvalue weighted by Crippen LogP contribution is -2.27. The van der Waals surface area contributed by atoms with Crippen LogP contribution in [0, 0.1) is 0 Å². The van der Waals surface area contributed by atoms with E-state index in [9.17, 15) is 9.36 Å². The molecule has 8 heteroatoms. The van der Waals surface area contributed by atoms with Crippen molar-refractivity contribution in [2.45, 2.75) is 40.2 Å². The number of carbonyl (C=O) groups excluding carboxylic acids is 1. The van der Waals surface area contributed by atoms with Crippen molar-refractivity contribution in [2.75, 3.05) is 25.6 Å². The van der Waals surface area contributed by atoms with Crippen LogP contribution >= 0.6 is 7.60 Å². The molecule has 7 nitrogen and oxygen atoms in total. The number of ether oxygens (including phenoxy) is 2. The Hall–Kier alpha value is -1.56. The fourth-order valence-corrected chi connectivity index (χ4v) is 3.48. The van der Waals surface area contributed by atoms with E-state index in [4.69, 9.17) is 18.5 Å². The maximum Gasteiger partial charge on any atom is 0.412 e. The lowest BCUT2D eigenvalue weighted by atomic mass is 10.2. The first-order valence-electron chi connectivity index (χ1n) is 7.73. The van der Waals surface area contributed by atoms with Gasteiger partial charge in [-0.1, -0.05) is 0 Å². The van der Waals surface area contributed by atoms with Crippen LogP contribution in [0.15, 0.2) is 18.2 Å². The summed E-state index contributed by atoms with van der Waals surface area (Å²) in [7, 11) is -1.97. The first-order valence-corrected chi connectivity index (χ1v) is 9.27. The normalized spacial score (nSPS) is 11.9. The quantitative estimate of drug-likeness (QED) is 0.743. The highest BCUT2D eigenvalue weighted by Crippen LogP contribution is 2.47. The molecule has 1 amide bonds. The Labute approximate surface area is 143 Å². The second kappa shape index (κ2) is 8.51. The summed E-state index contributed by atoms with van der Waals surface area (Å²) in [4.78, 5) is 11.9. The summed E-state index contributed by atoms with van der Waals surface area (Å²) in [6.45, 7) is 9.28. The molecule has 0 unspecified atom stereocenters. The summed E-state index contributed by atoms with van der Waals surface area (Å²) >= 11 is 0. The molecule has 0 aromatic heterocycles. The SMILES string of the molecule is CCOP(=O)(OCC)c1ccc(NC(=O)OC(C)(C)C)c(OC)c1. The van der Waals surface area contributed by atoms with Gasteiger partial charge in [0.05, 0.1) is 31.3 Å². The van der Waals surface area contributed by atoms with Gasteiger partial charge in [-0.15, -0.1) is 0 Å². The number of hydrogen-bond donors (Lipinski definition) is 1.